The first-order valence-corrected chi connectivity index (χ1v) is 16.4. The molecule has 246 valence electrons. The molecule has 4 aliphatic heterocycles. The average molecular weight is 639 g/mol. The third-order valence-electron chi connectivity index (χ3n) is 10.7. The standard InChI is InChI=1S/C39H45N2O6/c1-40(2)16-14-26-21-33(44-6)35-23-29(26)30(40)18-24-8-11-28(12-9-24)46-39-37-27(22-36(45-7)38(39)42)15-17-41(3,4)31(37)19-25-10-13-32(43-5)34(20-25)47-35/h8-13,20-23,30-31H,14-19H2,1-7H3/q+1/p+1/t30-,31-/m0/s1. The summed E-state index contributed by atoms with van der Waals surface area (Å²) in [6.45, 7) is 1.95. The number of hydrogen-bond acceptors (Lipinski definition) is 6. The van der Waals surface area contributed by atoms with Crippen LogP contribution in [-0.4, -0.2) is 76.7 Å². The Bertz CT molecular complexity index is 1830. The highest BCUT2D eigenvalue weighted by molar-refractivity contribution is 5.61. The minimum atomic E-state index is -0.0102. The summed E-state index contributed by atoms with van der Waals surface area (Å²) < 4.78 is 32.3. The summed E-state index contributed by atoms with van der Waals surface area (Å²) in [6, 6.07) is 21.0. The van der Waals surface area contributed by atoms with Gasteiger partial charge in [-0.2, -0.15) is 0 Å². The van der Waals surface area contributed by atoms with Crippen molar-refractivity contribution in [1.82, 2.24) is 0 Å². The second-order valence-corrected chi connectivity index (χ2v) is 14.3. The number of fused-ring (bicyclic) bond motifs is 2. The maximum Gasteiger partial charge on any atom is 0.201 e. The minimum absolute atomic E-state index is 0.0102. The van der Waals surface area contributed by atoms with Gasteiger partial charge in [0, 0.05) is 31.2 Å². The zero-order valence-corrected chi connectivity index (χ0v) is 28.6. The highest BCUT2D eigenvalue weighted by Crippen LogP contribution is 2.51. The number of methoxy groups -OCH3 is 3. The maximum absolute atomic E-state index is 11.6. The molecule has 2 atom stereocenters. The van der Waals surface area contributed by atoms with Gasteiger partial charge in [0.05, 0.1) is 68.2 Å². The highest BCUT2D eigenvalue weighted by atomic mass is 16.5. The van der Waals surface area contributed by atoms with Gasteiger partial charge in [0.15, 0.2) is 34.5 Å². The Morgan fingerprint density at radius 2 is 1.23 bits per heavy atom. The largest absolute Gasteiger partial charge is 0.502 e. The van der Waals surface area contributed by atoms with Gasteiger partial charge in [-0.3, -0.25) is 0 Å². The topological polar surface area (TPSA) is 66.4 Å². The lowest BCUT2D eigenvalue weighted by Crippen LogP contribution is -2.48. The van der Waals surface area contributed by atoms with E-state index in [9.17, 15) is 5.11 Å². The molecule has 0 aromatic heterocycles. The molecule has 0 saturated heterocycles. The number of phenols is 1. The van der Waals surface area contributed by atoms with Crippen LogP contribution in [0.5, 0.6) is 46.0 Å². The number of benzene rings is 4. The van der Waals surface area contributed by atoms with Gasteiger partial charge in [0.25, 0.3) is 0 Å². The number of rotatable bonds is 3. The fourth-order valence-electron chi connectivity index (χ4n) is 7.77. The van der Waals surface area contributed by atoms with E-state index in [1.807, 2.05) is 24.3 Å². The summed E-state index contributed by atoms with van der Waals surface area (Å²) in [7, 11) is 14.1. The smallest absolute Gasteiger partial charge is 0.201 e. The number of quaternary nitrogens is 2. The Kier molecular flexibility index (Phi) is 7.76. The third kappa shape index (κ3) is 5.53. The van der Waals surface area contributed by atoms with E-state index in [0.29, 0.717) is 46.7 Å². The molecule has 4 heterocycles. The van der Waals surface area contributed by atoms with Gasteiger partial charge < -0.3 is 37.8 Å². The van der Waals surface area contributed by atoms with Gasteiger partial charge in [0.2, 0.25) is 5.75 Å². The van der Waals surface area contributed by atoms with Crippen molar-refractivity contribution in [3.63, 3.8) is 0 Å². The van der Waals surface area contributed by atoms with Crippen molar-refractivity contribution in [3.05, 3.63) is 94.0 Å². The molecule has 8 rings (SSSR count). The van der Waals surface area contributed by atoms with Crippen LogP contribution < -0.4 is 23.7 Å². The van der Waals surface area contributed by atoms with E-state index in [1.165, 1.54) is 16.7 Å². The average Bonchev–Trinajstić information content (AvgIpc) is 3.05. The molecule has 8 nitrogen and oxygen atoms in total. The van der Waals surface area contributed by atoms with E-state index in [0.717, 1.165) is 58.0 Å². The van der Waals surface area contributed by atoms with Crippen molar-refractivity contribution in [2.75, 3.05) is 62.6 Å². The number of aromatic hydroxyl groups is 1. The maximum atomic E-state index is 11.6. The molecule has 1 N–H and O–H groups in total. The van der Waals surface area contributed by atoms with Gasteiger partial charge in [0.1, 0.15) is 17.8 Å². The van der Waals surface area contributed by atoms with Crippen LogP contribution >= 0.6 is 0 Å². The quantitative estimate of drug-likeness (QED) is 0.241. The van der Waals surface area contributed by atoms with E-state index in [2.05, 4.69) is 64.6 Å². The van der Waals surface area contributed by atoms with Crippen molar-refractivity contribution in [1.29, 1.82) is 0 Å². The van der Waals surface area contributed by atoms with Crippen LogP contribution in [0.2, 0.25) is 0 Å². The molecule has 47 heavy (non-hydrogen) atoms. The third-order valence-corrected chi connectivity index (χ3v) is 10.7. The Labute approximate surface area is 277 Å². The molecular weight excluding hydrogens is 592 g/mol. The van der Waals surface area contributed by atoms with E-state index in [-0.39, 0.29) is 17.8 Å². The summed E-state index contributed by atoms with van der Waals surface area (Å²) >= 11 is 0. The molecule has 0 fully saturated rings. The number of phenolic OH excluding ortho intramolecular Hbond substituents is 1. The van der Waals surface area contributed by atoms with Gasteiger partial charge in [-0.25, -0.2) is 0 Å². The number of ether oxygens (including phenoxy) is 5. The van der Waals surface area contributed by atoms with Crippen LogP contribution in [0.25, 0.3) is 0 Å². The molecule has 0 amide bonds. The van der Waals surface area contributed by atoms with E-state index < -0.39 is 0 Å². The summed E-state index contributed by atoms with van der Waals surface area (Å²) in [5.41, 5.74) is 7.00. The lowest BCUT2D eigenvalue weighted by Gasteiger charge is -2.43. The van der Waals surface area contributed by atoms with Crippen molar-refractivity contribution < 1.29 is 37.8 Å². The van der Waals surface area contributed by atoms with Crippen LogP contribution in [0.3, 0.4) is 0 Å². The zero-order chi connectivity index (χ0) is 33.1. The monoisotopic (exact) mass is 638 g/mol. The van der Waals surface area contributed by atoms with Gasteiger partial charge in [-0.05, 0) is 64.7 Å². The number of nitrogens with zero attached hydrogens (tertiary/aromatic N) is 2. The fourth-order valence-corrected chi connectivity index (χ4v) is 7.77. The van der Waals surface area contributed by atoms with Crippen LogP contribution in [0.15, 0.2) is 60.7 Å². The van der Waals surface area contributed by atoms with Crippen molar-refractivity contribution >= 4 is 0 Å². The van der Waals surface area contributed by atoms with Gasteiger partial charge in [-0.1, -0.05) is 18.2 Å². The van der Waals surface area contributed by atoms with Crippen LogP contribution in [0, 0.1) is 0 Å². The first-order valence-electron chi connectivity index (χ1n) is 16.4. The summed E-state index contributed by atoms with van der Waals surface area (Å²) in [5, 5.41) is 11.6. The van der Waals surface area contributed by atoms with Crippen molar-refractivity contribution in [2.24, 2.45) is 0 Å². The molecule has 6 bridgehead atoms. The number of likely N-dealkylation sites (N-methyl/N-ethyl adjacent to an activating group) is 2. The molecule has 8 heteroatoms. The Morgan fingerprint density at radius 1 is 0.638 bits per heavy atom. The van der Waals surface area contributed by atoms with Crippen LogP contribution in [0.4, 0.5) is 0 Å². The van der Waals surface area contributed by atoms with Crippen LogP contribution in [-0.2, 0) is 25.7 Å². The second kappa shape index (κ2) is 11.7. The first kappa shape index (κ1) is 31.2. The van der Waals surface area contributed by atoms with E-state index in [4.69, 9.17) is 23.7 Å². The minimum Gasteiger partial charge on any atom is -0.502 e. The van der Waals surface area contributed by atoms with E-state index in [1.54, 1.807) is 21.3 Å². The molecule has 4 aromatic carbocycles. The second-order valence-electron chi connectivity index (χ2n) is 14.3. The molecular formula is C39H46N2O6+2. The highest BCUT2D eigenvalue weighted by Gasteiger charge is 2.41. The molecule has 4 aromatic rings. The molecule has 0 spiro atoms. The molecule has 0 saturated carbocycles. The summed E-state index contributed by atoms with van der Waals surface area (Å²) in [4.78, 5) is 0. The van der Waals surface area contributed by atoms with Crippen LogP contribution in [0.1, 0.15) is 45.5 Å². The Hall–Kier alpha value is -4.40. The summed E-state index contributed by atoms with van der Waals surface area (Å²) in [5.74, 6) is 4.27. The zero-order valence-electron chi connectivity index (χ0n) is 28.6. The Balaban J connectivity index is 1.45. The van der Waals surface area contributed by atoms with Crippen molar-refractivity contribution in [2.45, 2.75) is 37.8 Å². The van der Waals surface area contributed by atoms with E-state index >= 15 is 0 Å². The lowest BCUT2D eigenvalue weighted by molar-refractivity contribution is -0.923. The molecule has 4 aliphatic rings. The molecule has 0 unspecified atom stereocenters. The number of hydrogen-bond donors (Lipinski definition) is 1. The molecule has 0 aliphatic carbocycles. The summed E-state index contributed by atoms with van der Waals surface area (Å²) in [6.07, 6.45) is 3.34. The van der Waals surface area contributed by atoms with Crippen molar-refractivity contribution in [3.8, 4) is 46.0 Å². The lowest BCUT2D eigenvalue weighted by atomic mass is 9.85. The molecule has 0 radical (unpaired) electrons. The normalized spacial score (nSPS) is 20.5. The predicted octanol–water partition coefficient (Wildman–Crippen LogP) is 7.15. The SMILES string of the molecule is COc1ccc2cc1Oc1cc3c(cc1OC)CC[N+](C)(C)[C@H]3Cc1ccc(cc1)Oc1c(O)c(OC)cc3c1[C@H](C2)[N+](C)(C)CC3. The fraction of sp³-hybridized carbons (Fsp3) is 0.385. The predicted molar refractivity (Wildman–Crippen MR) is 181 cm³/mol. The first-order chi connectivity index (χ1) is 22.5. The Morgan fingerprint density at radius 3 is 1.94 bits per heavy atom. The van der Waals surface area contributed by atoms with Gasteiger partial charge >= 0.3 is 0 Å². The van der Waals surface area contributed by atoms with Gasteiger partial charge in [-0.15, -0.1) is 0 Å².